The number of hydrogen-bond donors (Lipinski definition) is 1. The maximum absolute atomic E-state index is 13.4. The first-order valence-electron chi connectivity index (χ1n) is 10.7. The highest BCUT2D eigenvalue weighted by molar-refractivity contribution is 5.94. The number of nitrogens with zero attached hydrogens (tertiary/aromatic N) is 5. The fourth-order valence-electron chi connectivity index (χ4n) is 3.54. The van der Waals surface area contributed by atoms with E-state index in [0.29, 0.717) is 11.1 Å². The van der Waals surface area contributed by atoms with Gasteiger partial charge in [0, 0.05) is 25.0 Å². The van der Waals surface area contributed by atoms with E-state index in [1.54, 1.807) is 38.2 Å². The van der Waals surface area contributed by atoms with Crippen LogP contribution in [0.15, 0.2) is 47.7 Å². The Hall–Kier alpha value is -3.93. The summed E-state index contributed by atoms with van der Waals surface area (Å²) < 4.78 is 53.7. The Bertz CT molecular complexity index is 1410. The molecule has 0 aliphatic rings. The lowest BCUT2D eigenvalue weighted by Crippen LogP contribution is -2.28. The monoisotopic (exact) mass is 489 g/mol. The molecule has 0 saturated heterocycles. The smallest absolute Gasteiger partial charge is 0.350 e. The third kappa shape index (κ3) is 4.69. The van der Waals surface area contributed by atoms with E-state index in [4.69, 9.17) is 9.47 Å². The second kappa shape index (κ2) is 10.1. The van der Waals surface area contributed by atoms with Gasteiger partial charge in [-0.05, 0) is 43.0 Å². The van der Waals surface area contributed by atoms with Gasteiger partial charge in [0.2, 0.25) is 5.88 Å². The lowest BCUT2D eigenvalue weighted by atomic mass is 10.1. The molecule has 35 heavy (non-hydrogen) atoms. The van der Waals surface area contributed by atoms with Gasteiger partial charge in [-0.2, -0.15) is 4.68 Å². The van der Waals surface area contributed by atoms with Crippen molar-refractivity contribution in [2.75, 3.05) is 6.67 Å². The van der Waals surface area contributed by atoms with E-state index in [1.165, 1.54) is 23.0 Å². The highest BCUT2D eigenvalue weighted by Crippen LogP contribution is 2.38. The summed E-state index contributed by atoms with van der Waals surface area (Å²) in [6.45, 7) is 1.84. The molecule has 184 valence electrons. The summed E-state index contributed by atoms with van der Waals surface area (Å²) in [5.41, 5.74) is 0.371. The molecule has 1 unspecified atom stereocenters. The molecule has 0 radical (unpaired) electrons. The molecule has 3 heterocycles. The van der Waals surface area contributed by atoms with Crippen LogP contribution in [-0.4, -0.2) is 48.6 Å². The average molecular weight is 489 g/mol. The Morgan fingerprint density at radius 1 is 1.17 bits per heavy atom. The van der Waals surface area contributed by atoms with Crippen LogP contribution in [0.2, 0.25) is 0 Å². The van der Waals surface area contributed by atoms with Crippen molar-refractivity contribution in [2.24, 2.45) is 0 Å². The molecule has 4 rings (SSSR count). The third-order valence-corrected chi connectivity index (χ3v) is 5.33. The molecule has 0 aliphatic carbocycles. The van der Waals surface area contributed by atoms with Gasteiger partial charge in [-0.3, -0.25) is 9.55 Å². The van der Waals surface area contributed by atoms with Gasteiger partial charge in [0.25, 0.3) is 6.43 Å². The predicted octanol–water partition coefficient (Wildman–Crippen LogP) is 3.57. The van der Waals surface area contributed by atoms with Gasteiger partial charge >= 0.3 is 5.69 Å². The van der Waals surface area contributed by atoms with Gasteiger partial charge < -0.3 is 14.6 Å². The van der Waals surface area contributed by atoms with E-state index in [-0.39, 0.29) is 35.1 Å². The van der Waals surface area contributed by atoms with E-state index in [0.717, 1.165) is 10.2 Å². The van der Waals surface area contributed by atoms with Gasteiger partial charge in [-0.1, -0.05) is 0 Å². The van der Waals surface area contributed by atoms with Crippen molar-refractivity contribution in [3.8, 4) is 23.1 Å². The highest BCUT2D eigenvalue weighted by atomic mass is 19.3. The van der Waals surface area contributed by atoms with Gasteiger partial charge in [0.05, 0.1) is 17.3 Å². The molecule has 0 aliphatic heterocycles. The fourth-order valence-corrected chi connectivity index (χ4v) is 3.54. The van der Waals surface area contributed by atoms with Crippen LogP contribution in [0.25, 0.3) is 16.5 Å². The van der Waals surface area contributed by atoms with Crippen LogP contribution in [-0.2, 0) is 13.2 Å². The number of aromatic nitrogens is 5. The maximum Gasteiger partial charge on any atom is 0.350 e. The summed E-state index contributed by atoms with van der Waals surface area (Å²) in [5, 5.41) is 14.3. The molecule has 0 spiro atoms. The number of aliphatic hydroxyl groups excluding tert-OH is 1. The van der Waals surface area contributed by atoms with E-state index < -0.39 is 31.5 Å². The van der Waals surface area contributed by atoms with Gasteiger partial charge in [-0.25, -0.2) is 22.9 Å². The van der Waals surface area contributed by atoms with Crippen LogP contribution >= 0.6 is 0 Å². The van der Waals surface area contributed by atoms with E-state index in [2.05, 4.69) is 15.1 Å². The Balaban J connectivity index is 1.93. The maximum atomic E-state index is 13.4. The Kier molecular flexibility index (Phi) is 7.01. The number of alkyl halides is 3. The molecule has 0 saturated carbocycles. The summed E-state index contributed by atoms with van der Waals surface area (Å²) in [5.74, 6) is 0.354. The summed E-state index contributed by atoms with van der Waals surface area (Å²) in [4.78, 5) is 21.1. The van der Waals surface area contributed by atoms with Crippen molar-refractivity contribution in [1.82, 2.24) is 24.3 Å². The fraction of sp³-hybridized carbons (Fsp3) is 0.304. The Morgan fingerprint density at radius 2 is 1.97 bits per heavy atom. The molecule has 0 fully saturated rings. The standard InChI is InChI=1S/C23H22F3N5O4/c1-3-30-19(12-32)29-31(23(30)33)15-8-14-5-7-28-22(35-18-11-27-6-4-13(18)2)20(14)16(9-15)34-17(10-24)21(25)26/h4-9,11,17,21,32H,3,10,12H2,1-2H3. The Morgan fingerprint density at radius 3 is 2.60 bits per heavy atom. The van der Waals surface area contributed by atoms with Crippen LogP contribution < -0.4 is 15.2 Å². The minimum Gasteiger partial charge on any atom is -0.481 e. The molecule has 12 heteroatoms. The molecule has 0 amide bonds. The number of pyridine rings is 2. The van der Waals surface area contributed by atoms with Gasteiger partial charge in [0.1, 0.15) is 19.0 Å². The second-order valence-corrected chi connectivity index (χ2v) is 7.56. The van der Waals surface area contributed by atoms with E-state index in [9.17, 15) is 23.1 Å². The van der Waals surface area contributed by atoms with Crippen LogP contribution in [0.1, 0.15) is 18.3 Å². The summed E-state index contributed by atoms with van der Waals surface area (Å²) in [6.07, 6.45) is -0.671. The molecule has 1 atom stereocenters. The van der Waals surface area contributed by atoms with Crippen molar-refractivity contribution in [3.63, 3.8) is 0 Å². The average Bonchev–Trinajstić information content (AvgIpc) is 3.18. The first kappa shape index (κ1) is 24.2. The van der Waals surface area contributed by atoms with E-state index in [1.807, 2.05) is 0 Å². The van der Waals surface area contributed by atoms with Crippen LogP contribution in [0.4, 0.5) is 13.2 Å². The number of fused-ring (bicyclic) bond motifs is 1. The molecular formula is C23H22F3N5O4. The minimum atomic E-state index is -3.11. The molecule has 4 aromatic rings. The van der Waals surface area contributed by atoms with Crippen LogP contribution in [0.3, 0.4) is 0 Å². The van der Waals surface area contributed by atoms with Gasteiger partial charge in [-0.15, -0.1) is 5.10 Å². The number of benzene rings is 1. The number of halogens is 3. The zero-order valence-corrected chi connectivity index (χ0v) is 18.9. The second-order valence-electron chi connectivity index (χ2n) is 7.56. The predicted molar refractivity (Wildman–Crippen MR) is 120 cm³/mol. The molecule has 3 aromatic heterocycles. The summed E-state index contributed by atoms with van der Waals surface area (Å²) in [7, 11) is 0. The molecule has 1 aromatic carbocycles. The lowest BCUT2D eigenvalue weighted by Gasteiger charge is -2.19. The highest BCUT2D eigenvalue weighted by Gasteiger charge is 2.25. The topological polar surface area (TPSA) is 104 Å². The van der Waals surface area contributed by atoms with Crippen molar-refractivity contribution >= 4 is 10.8 Å². The third-order valence-electron chi connectivity index (χ3n) is 5.33. The van der Waals surface area contributed by atoms with E-state index >= 15 is 0 Å². The molecule has 9 nitrogen and oxygen atoms in total. The van der Waals surface area contributed by atoms with Crippen molar-refractivity contribution in [1.29, 1.82) is 0 Å². The van der Waals surface area contributed by atoms with Crippen molar-refractivity contribution in [3.05, 3.63) is 64.7 Å². The quantitative estimate of drug-likeness (QED) is 0.383. The first-order valence-corrected chi connectivity index (χ1v) is 10.7. The number of rotatable bonds is 9. The van der Waals surface area contributed by atoms with Gasteiger partial charge in [0.15, 0.2) is 17.7 Å². The molecular weight excluding hydrogens is 467 g/mol. The zero-order valence-electron chi connectivity index (χ0n) is 18.9. The number of hydrogen-bond acceptors (Lipinski definition) is 7. The van der Waals surface area contributed by atoms with Crippen molar-refractivity contribution < 1.29 is 27.8 Å². The largest absolute Gasteiger partial charge is 0.481 e. The Labute approximate surface area is 197 Å². The number of aryl methyl sites for hydroxylation is 1. The normalized spacial score (nSPS) is 12.3. The first-order chi connectivity index (χ1) is 16.9. The van der Waals surface area contributed by atoms with Crippen LogP contribution in [0, 0.1) is 6.92 Å². The minimum absolute atomic E-state index is 0.0227. The molecule has 1 N–H and O–H groups in total. The zero-order chi connectivity index (χ0) is 25.1. The summed E-state index contributed by atoms with van der Waals surface area (Å²) in [6, 6.07) is 6.14. The summed E-state index contributed by atoms with van der Waals surface area (Å²) >= 11 is 0. The molecule has 0 bridgehead atoms. The SMILES string of the molecule is CCn1c(CO)nn(-c2cc(OC(CF)C(F)F)c3c(Oc4cnccc4C)nccc3c2)c1=O. The van der Waals surface area contributed by atoms with Crippen LogP contribution in [0.5, 0.6) is 17.4 Å². The van der Waals surface area contributed by atoms with Crippen molar-refractivity contribution in [2.45, 2.75) is 39.5 Å². The number of aliphatic hydroxyl groups is 1. The lowest BCUT2D eigenvalue weighted by molar-refractivity contribution is -0.000431. The number of ether oxygens (including phenoxy) is 2.